The van der Waals surface area contributed by atoms with Gasteiger partial charge in [0.2, 0.25) is 5.91 Å². The smallest absolute Gasteiger partial charge is 0.244 e. The SMILES string of the molecule is CCSc1cncc(N2CCCC2C(=O)N(C)C)n1. The van der Waals surface area contributed by atoms with Crippen molar-refractivity contribution >= 4 is 23.5 Å². The van der Waals surface area contributed by atoms with Crippen LogP contribution in [0.3, 0.4) is 0 Å². The summed E-state index contributed by atoms with van der Waals surface area (Å²) < 4.78 is 0. The first-order valence-electron chi connectivity index (χ1n) is 6.56. The van der Waals surface area contributed by atoms with Crippen LogP contribution in [0.25, 0.3) is 0 Å². The molecule has 2 heterocycles. The van der Waals surface area contributed by atoms with Crippen LogP contribution in [-0.2, 0) is 4.79 Å². The molecule has 5 nitrogen and oxygen atoms in total. The van der Waals surface area contributed by atoms with Crippen LogP contribution in [0, 0.1) is 0 Å². The van der Waals surface area contributed by atoms with Gasteiger partial charge in [-0.3, -0.25) is 9.78 Å². The molecule has 2 rings (SSSR count). The minimum Gasteiger partial charge on any atom is -0.347 e. The Hall–Kier alpha value is -1.30. The molecule has 1 aliphatic heterocycles. The molecule has 0 aromatic carbocycles. The molecule has 0 saturated carbocycles. The Labute approximate surface area is 118 Å². The van der Waals surface area contributed by atoms with Gasteiger partial charge < -0.3 is 9.80 Å². The van der Waals surface area contributed by atoms with Crippen molar-refractivity contribution in [2.75, 3.05) is 31.3 Å². The summed E-state index contributed by atoms with van der Waals surface area (Å²) in [5, 5.41) is 0.919. The van der Waals surface area contributed by atoms with Crippen LogP contribution in [0.2, 0.25) is 0 Å². The standard InChI is InChI=1S/C13H20N4OS/c1-4-19-12-9-14-8-11(15-12)17-7-5-6-10(17)13(18)16(2)3/h8-10H,4-7H2,1-3H3. The van der Waals surface area contributed by atoms with E-state index in [2.05, 4.69) is 21.8 Å². The maximum atomic E-state index is 12.2. The molecule has 1 fully saturated rings. The normalized spacial score (nSPS) is 18.7. The van der Waals surface area contributed by atoms with Crippen molar-refractivity contribution in [2.24, 2.45) is 0 Å². The van der Waals surface area contributed by atoms with Gasteiger partial charge in [0.1, 0.15) is 16.9 Å². The Morgan fingerprint density at radius 1 is 1.53 bits per heavy atom. The molecule has 104 valence electrons. The van der Waals surface area contributed by atoms with Gasteiger partial charge in [0, 0.05) is 20.6 Å². The number of hydrogen-bond donors (Lipinski definition) is 0. The van der Waals surface area contributed by atoms with Crippen molar-refractivity contribution in [3.05, 3.63) is 12.4 Å². The lowest BCUT2D eigenvalue weighted by Gasteiger charge is -2.26. The Bertz CT molecular complexity index is 452. The molecule has 0 N–H and O–H groups in total. The van der Waals surface area contributed by atoms with Gasteiger partial charge in [0.05, 0.1) is 12.4 Å². The summed E-state index contributed by atoms with van der Waals surface area (Å²) in [4.78, 5) is 24.7. The first-order chi connectivity index (χ1) is 9.13. The fourth-order valence-electron chi connectivity index (χ4n) is 2.29. The van der Waals surface area contributed by atoms with Crippen LogP contribution < -0.4 is 4.90 Å². The fraction of sp³-hybridized carbons (Fsp3) is 0.615. The second kappa shape index (κ2) is 6.23. The van der Waals surface area contributed by atoms with Gasteiger partial charge in [-0.15, -0.1) is 11.8 Å². The first kappa shape index (κ1) is 14.1. The molecule has 0 radical (unpaired) electrons. The molecular formula is C13H20N4OS. The van der Waals surface area contributed by atoms with Crippen LogP contribution in [0.1, 0.15) is 19.8 Å². The van der Waals surface area contributed by atoms with Gasteiger partial charge in [-0.25, -0.2) is 4.98 Å². The Morgan fingerprint density at radius 2 is 2.32 bits per heavy atom. The molecule has 1 atom stereocenters. The highest BCUT2D eigenvalue weighted by molar-refractivity contribution is 7.99. The lowest BCUT2D eigenvalue weighted by molar-refractivity contribution is -0.129. The third kappa shape index (κ3) is 3.18. The van der Waals surface area contributed by atoms with Crippen LogP contribution in [0.5, 0.6) is 0 Å². The zero-order chi connectivity index (χ0) is 13.8. The lowest BCUT2D eigenvalue weighted by Crippen LogP contribution is -2.43. The maximum absolute atomic E-state index is 12.2. The van der Waals surface area contributed by atoms with Gasteiger partial charge in [-0.05, 0) is 18.6 Å². The van der Waals surface area contributed by atoms with Crippen molar-refractivity contribution in [1.82, 2.24) is 14.9 Å². The van der Waals surface area contributed by atoms with E-state index in [1.165, 1.54) is 0 Å². The Balaban J connectivity index is 2.20. The highest BCUT2D eigenvalue weighted by Crippen LogP contribution is 2.26. The molecule has 1 aromatic heterocycles. The Morgan fingerprint density at radius 3 is 3.00 bits per heavy atom. The maximum Gasteiger partial charge on any atom is 0.244 e. The van der Waals surface area contributed by atoms with Crippen LogP contribution >= 0.6 is 11.8 Å². The first-order valence-corrected chi connectivity index (χ1v) is 7.54. The Kier molecular flexibility index (Phi) is 4.63. The van der Waals surface area contributed by atoms with E-state index in [0.29, 0.717) is 0 Å². The molecule has 1 amide bonds. The number of aromatic nitrogens is 2. The van der Waals surface area contributed by atoms with E-state index >= 15 is 0 Å². The van der Waals surface area contributed by atoms with Gasteiger partial charge in [0.15, 0.2) is 0 Å². The van der Waals surface area contributed by atoms with Gasteiger partial charge in [-0.1, -0.05) is 6.92 Å². The molecule has 1 unspecified atom stereocenters. The summed E-state index contributed by atoms with van der Waals surface area (Å²) in [7, 11) is 3.60. The number of rotatable bonds is 4. The molecule has 0 spiro atoms. The summed E-state index contributed by atoms with van der Waals surface area (Å²) in [5.41, 5.74) is 0. The number of anilines is 1. The highest BCUT2D eigenvalue weighted by Gasteiger charge is 2.32. The monoisotopic (exact) mass is 280 g/mol. The van der Waals surface area contributed by atoms with E-state index in [0.717, 1.165) is 36.0 Å². The van der Waals surface area contributed by atoms with Gasteiger partial charge in [0.25, 0.3) is 0 Å². The van der Waals surface area contributed by atoms with E-state index in [1.54, 1.807) is 43.2 Å². The summed E-state index contributed by atoms with van der Waals surface area (Å²) in [6, 6.07) is -0.0915. The second-order valence-electron chi connectivity index (χ2n) is 4.73. The largest absolute Gasteiger partial charge is 0.347 e. The van der Waals surface area contributed by atoms with E-state index in [1.807, 2.05) is 0 Å². The number of hydrogen-bond acceptors (Lipinski definition) is 5. The summed E-state index contributed by atoms with van der Waals surface area (Å²) in [6.45, 7) is 2.96. The molecule has 0 aliphatic carbocycles. The van der Waals surface area contributed by atoms with Crippen molar-refractivity contribution in [3.8, 4) is 0 Å². The van der Waals surface area contributed by atoms with Crippen LogP contribution in [0.4, 0.5) is 5.82 Å². The number of carbonyl (C=O) groups excluding carboxylic acids is 1. The highest BCUT2D eigenvalue weighted by atomic mass is 32.2. The van der Waals surface area contributed by atoms with E-state index in [9.17, 15) is 4.79 Å². The van der Waals surface area contributed by atoms with E-state index in [-0.39, 0.29) is 11.9 Å². The average Bonchev–Trinajstić information content (AvgIpc) is 2.87. The third-order valence-electron chi connectivity index (χ3n) is 3.16. The molecule has 1 aliphatic rings. The zero-order valence-electron chi connectivity index (χ0n) is 11.7. The second-order valence-corrected chi connectivity index (χ2v) is 6.02. The van der Waals surface area contributed by atoms with Crippen molar-refractivity contribution in [1.29, 1.82) is 0 Å². The minimum absolute atomic E-state index is 0.0915. The predicted octanol–water partition coefficient (Wildman–Crippen LogP) is 1.65. The molecule has 6 heteroatoms. The average molecular weight is 280 g/mol. The molecule has 1 aromatic rings. The topological polar surface area (TPSA) is 49.3 Å². The van der Waals surface area contributed by atoms with Crippen LogP contribution in [0.15, 0.2) is 17.4 Å². The molecule has 0 bridgehead atoms. The predicted molar refractivity (Wildman–Crippen MR) is 77.5 cm³/mol. The number of thioether (sulfide) groups is 1. The van der Waals surface area contributed by atoms with Crippen molar-refractivity contribution in [3.63, 3.8) is 0 Å². The number of amides is 1. The minimum atomic E-state index is -0.0915. The van der Waals surface area contributed by atoms with Crippen molar-refractivity contribution in [2.45, 2.75) is 30.8 Å². The summed E-state index contributed by atoms with van der Waals surface area (Å²) in [5.74, 6) is 1.93. The third-order valence-corrected chi connectivity index (χ3v) is 3.95. The number of nitrogens with zero attached hydrogens (tertiary/aromatic N) is 4. The number of likely N-dealkylation sites (N-methyl/N-ethyl adjacent to an activating group) is 1. The zero-order valence-corrected chi connectivity index (χ0v) is 12.5. The molecule has 19 heavy (non-hydrogen) atoms. The molecule has 1 saturated heterocycles. The fourth-order valence-corrected chi connectivity index (χ4v) is 2.88. The summed E-state index contributed by atoms with van der Waals surface area (Å²) >= 11 is 1.67. The lowest BCUT2D eigenvalue weighted by atomic mass is 10.2. The van der Waals surface area contributed by atoms with Crippen molar-refractivity contribution < 1.29 is 4.79 Å². The quantitative estimate of drug-likeness (QED) is 0.785. The van der Waals surface area contributed by atoms with Crippen LogP contribution in [-0.4, -0.2) is 53.2 Å². The molecular weight excluding hydrogens is 260 g/mol. The summed E-state index contributed by atoms with van der Waals surface area (Å²) in [6.07, 6.45) is 5.44. The van der Waals surface area contributed by atoms with E-state index < -0.39 is 0 Å². The van der Waals surface area contributed by atoms with Gasteiger partial charge in [-0.2, -0.15) is 0 Å². The van der Waals surface area contributed by atoms with Gasteiger partial charge >= 0.3 is 0 Å². The number of carbonyl (C=O) groups is 1. The van der Waals surface area contributed by atoms with E-state index in [4.69, 9.17) is 0 Å².